The van der Waals surface area contributed by atoms with E-state index in [1.54, 1.807) is 0 Å². The molecule has 0 fully saturated rings. The minimum Gasteiger partial charge on any atom is -0.342 e. The van der Waals surface area contributed by atoms with Crippen molar-refractivity contribution in [2.75, 3.05) is 0 Å². The molecule has 1 atom stereocenters. The number of hydrogen-bond donors (Lipinski definition) is 1. The lowest BCUT2D eigenvalue weighted by Crippen LogP contribution is -2.00. The van der Waals surface area contributed by atoms with Crippen molar-refractivity contribution in [3.8, 4) is 11.3 Å². The van der Waals surface area contributed by atoms with Gasteiger partial charge in [-0.2, -0.15) is 0 Å². The minimum atomic E-state index is 0.384. The number of H-pyrrole nitrogens is 1. The molecule has 0 aliphatic heterocycles. The summed E-state index contributed by atoms with van der Waals surface area (Å²) in [5.74, 6) is 1.43. The van der Waals surface area contributed by atoms with Crippen LogP contribution in [0.25, 0.3) is 11.3 Å². The van der Waals surface area contributed by atoms with Gasteiger partial charge in [0.25, 0.3) is 0 Å². The van der Waals surface area contributed by atoms with Gasteiger partial charge in [-0.1, -0.05) is 67.6 Å². The number of nitrogens with zero attached hydrogens (tertiary/aromatic N) is 1. The summed E-state index contributed by atoms with van der Waals surface area (Å²) >= 11 is 0. The molecule has 3 aromatic rings. The van der Waals surface area contributed by atoms with Gasteiger partial charge < -0.3 is 4.98 Å². The maximum atomic E-state index is 4.53. The van der Waals surface area contributed by atoms with E-state index in [4.69, 9.17) is 0 Å². The number of hydrogen-bond acceptors (Lipinski definition) is 1. The van der Waals surface area contributed by atoms with Gasteiger partial charge in [0.2, 0.25) is 0 Å². The molecule has 3 rings (SSSR count). The number of aromatic nitrogens is 2. The molecule has 1 heterocycles. The van der Waals surface area contributed by atoms with E-state index in [0.717, 1.165) is 17.9 Å². The van der Waals surface area contributed by atoms with E-state index in [1.165, 1.54) is 11.1 Å². The topological polar surface area (TPSA) is 28.7 Å². The summed E-state index contributed by atoms with van der Waals surface area (Å²) < 4.78 is 0. The van der Waals surface area contributed by atoms with E-state index < -0.39 is 0 Å². The van der Waals surface area contributed by atoms with Crippen molar-refractivity contribution in [1.82, 2.24) is 9.97 Å². The standard InChI is InChI=1S/C18H18N2/c1-14(12-15-8-4-2-5-9-15)18-19-13-17(20-18)16-10-6-3-7-11-16/h2-11,13-14H,12H2,1H3,(H,19,20). The van der Waals surface area contributed by atoms with Crippen LogP contribution in [0.4, 0.5) is 0 Å². The number of aromatic amines is 1. The summed E-state index contributed by atoms with van der Waals surface area (Å²) in [6, 6.07) is 20.9. The van der Waals surface area contributed by atoms with Crippen molar-refractivity contribution in [1.29, 1.82) is 0 Å². The first-order chi connectivity index (χ1) is 9.83. The van der Waals surface area contributed by atoms with Gasteiger partial charge in [0, 0.05) is 5.92 Å². The fourth-order valence-electron chi connectivity index (χ4n) is 2.42. The van der Waals surface area contributed by atoms with Gasteiger partial charge in [-0.05, 0) is 17.5 Å². The fourth-order valence-corrected chi connectivity index (χ4v) is 2.42. The Kier molecular flexibility index (Phi) is 3.64. The van der Waals surface area contributed by atoms with E-state index in [-0.39, 0.29) is 0 Å². The van der Waals surface area contributed by atoms with Crippen LogP contribution in [0.2, 0.25) is 0 Å². The van der Waals surface area contributed by atoms with Crippen LogP contribution in [0.1, 0.15) is 24.2 Å². The van der Waals surface area contributed by atoms with Gasteiger partial charge in [0.15, 0.2) is 0 Å². The third-order valence-electron chi connectivity index (χ3n) is 3.53. The minimum absolute atomic E-state index is 0.384. The summed E-state index contributed by atoms with van der Waals surface area (Å²) in [5.41, 5.74) is 3.61. The van der Waals surface area contributed by atoms with Gasteiger partial charge in [-0.15, -0.1) is 0 Å². The summed E-state index contributed by atoms with van der Waals surface area (Å²) in [7, 11) is 0. The lowest BCUT2D eigenvalue weighted by molar-refractivity contribution is 0.711. The molecule has 20 heavy (non-hydrogen) atoms. The second-order valence-electron chi connectivity index (χ2n) is 5.14. The SMILES string of the molecule is CC(Cc1ccccc1)c1ncc(-c2ccccc2)[nH]1. The van der Waals surface area contributed by atoms with E-state index in [2.05, 4.69) is 59.4 Å². The molecule has 2 heteroatoms. The molecule has 1 aromatic heterocycles. The van der Waals surface area contributed by atoms with Crippen LogP contribution in [0.3, 0.4) is 0 Å². The normalized spacial score (nSPS) is 12.2. The number of nitrogens with one attached hydrogen (secondary N) is 1. The predicted molar refractivity (Wildman–Crippen MR) is 82.6 cm³/mol. The highest BCUT2D eigenvalue weighted by Crippen LogP contribution is 2.22. The molecule has 0 amide bonds. The van der Waals surface area contributed by atoms with Crippen molar-refractivity contribution in [3.63, 3.8) is 0 Å². The van der Waals surface area contributed by atoms with Crippen molar-refractivity contribution in [2.45, 2.75) is 19.3 Å². The van der Waals surface area contributed by atoms with Crippen LogP contribution in [0.5, 0.6) is 0 Å². The van der Waals surface area contributed by atoms with Crippen LogP contribution in [0.15, 0.2) is 66.9 Å². The largest absolute Gasteiger partial charge is 0.342 e. The molecule has 0 bridgehead atoms. The third-order valence-corrected chi connectivity index (χ3v) is 3.53. The van der Waals surface area contributed by atoms with Crippen LogP contribution in [-0.2, 0) is 6.42 Å². The first-order valence-corrected chi connectivity index (χ1v) is 6.97. The van der Waals surface area contributed by atoms with Crippen molar-refractivity contribution in [2.24, 2.45) is 0 Å². The van der Waals surface area contributed by atoms with E-state index in [1.807, 2.05) is 24.4 Å². The van der Waals surface area contributed by atoms with Crippen LogP contribution in [0, 0.1) is 0 Å². The maximum Gasteiger partial charge on any atom is 0.109 e. The monoisotopic (exact) mass is 262 g/mol. The van der Waals surface area contributed by atoms with Gasteiger partial charge in [0.1, 0.15) is 5.82 Å². The fraction of sp³-hybridized carbons (Fsp3) is 0.167. The zero-order chi connectivity index (χ0) is 13.8. The van der Waals surface area contributed by atoms with Crippen molar-refractivity contribution in [3.05, 3.63) is 78.2 Å². The van der Waals surface area contributed by atoms with E-state index in [0.29, 0.717) is 5.92 Å². The Labute approximate surface area is 119 Å². The van der Waals surface area contributed by atoms with Crippen molar-refractivity contribution < 1.29 is 0 Å². The second-order valence-corrected chi connectivity index (χ2v) is 5.14. The molecular weight excluding hydrogens is 244 g/mol. The molecule has 2 nitrogen and oxygen atoms in total. The highest BCUT2D eigenvalue weighted by atomic mass is 14.9. The van der Waals surface area contributed by atoms with Gasteiger partial charge >= 0.3 is 0 Å². The van der Waals surface area contributed by atoms with Gasteiger partial charge in [-0.25, -0.2) is 4.98 Å². The number of imidazole rings is 1. The molecule has 0 saturated carbocycles. The first-order valence-electron chi connectivity index (χ1n) is 6.97. The molecule has 0 aliphatic rings. The van der Waals surface area contributed by atoms with E-state index >= 15 is 0 Å². The van der Waals surface area contributed by atoms with Crippen LogP contribution >= 0.6 is 0 Å². The van der Waals surface area contributed by atoms with Gasteiger partial charge in [0.05, 0.1) is 11.9 Å². The maximum absolute atomic E-state index is 4.53. The molecule has 0 spiro atoms. The first kappa shape index (κ1) is 12.7. The summed E-state index contributed by atoms with van der Waals surface area (Å²) in [5, 5.41) is 0. The lowest BCUT2D eigenvalue weighted by atomic mass is 10.0. The Morgan fingerprint density at radius 3 is 2.30 bits per heavy atom. The summed E-state index contributed by atoms with van der Waals surface area (Å²) in [4.78, 5) is 7.97. The second kappa shape index (κ2) is 5.74. The molecular formula is C18H18N2. The summed E-state index contributed by atoms with van der Waals surface area (Å²) in [6.45, 7) is 2.21. The molecule has 0 aliphatic carbocycles. The van der Waals surface area contributed by atoms with Gasteiger partial charge in [-0.3, -0.25) is 0 Å². The Morgan fingerprint density at radius 1 is 0.950 bits per heavy atom. The lowest BCUT2D eigenvalue weighted by Gasteiger charge is -2.08. The average Bonchev–Trinajstić information content (AvgIpc) is 2.99. The smallest absolute Gasteiger partial charge is 0.109 e. The van der Waals surface area contributed by atoms with Crippen LogP contribution < -0.4 is 0 Å². The number of benzene rings is 2. The highest BCUT2D eigenvalue weighted by Gasteiger charge is 2.11. The Bertz CT molecular complexity index is 656. The Hall–Kier alpha value is -2.35. The highest BCUT2D eigenvalue weighted by molar-refractivity contribution is 5.58. The molecule has 1 unspecified atom stereocenters. The van der Waals surface area contributed by atoms with E-state index in [9.17, 15) is 0 Å². The third kappa shape index (κ3) is 2.80. The van der Waals surface area contributed by atoms with Crippen LogP contribution in [-0.4, -0.2) is 9.97 Å². The Balaban J connectivity index is 1.77. The average molecular weight is 262 g/mol. The zero-order valence-electron chi connectivity index (χ0n) is 11.6. The number of rotatable bonds is 4. The molecule has 0 saturated heterocycles. The molecule has 2 aromatic carbocycles. The molecule has 100 valence electrons. The Morgan fingerprint density at radius 2 is 1.60 bits per heavy atom. The molecule has 0 radical (unpaired) electrons. The van der Waals surface area contributed by atoms with Crippen molar-refractivity contribution >= 4 is 0 Å². The quantitative estimate of drug-likeness (QED) is 0.740. The zero-order valence-corrected chi connectivity index (χ0v) is 11.6. The predicted octanol–water partition coefficient (Wildman–Crippen LogP) is 4.42. The summed E-state index contributed by atoms with van der Waals surface area (Å²) in [6.07, 6.45) is 2.93. The molecule has 1 N–H and O–H groups in total.